The number of amides is 4. The summed E-state index contributed by atoms with van der Waals surface area (Å²) in [6.45, 7) is 8.35. The van der Waals surface area contributed by atoms with Crippen LogP contribution >= 0.6 is 0 Å². The van der Waals surface area contributed by atoms with E-state index in [9.17, 15) is 32.3 Å². The fraction of sp³-hybridized carbons (Fsp3) is 0.643. The van der Waals surface area contributed by atoms with Gasteiger partial charge in [0.1, 0.15) is 40.7 Å². The Labute approximate surface area is 348 Å². The van der Waals surface area contributed by atoms with Crippen molar-refractivity contribution < 1.29 is 55.3 Å². The van der Waals surface area contributed by atoms with E-state index in [1.54, 1.807) is 37.3 Å². The van der Waals surface area contributed by atoms with Crippen LogP contribution in [0.5, 0.6) is 11.8 Å². The minimum Gasteiger partial charge on any atom is -0.475 e. The monoisotopic (exact) mass is 863 g/mol. The Bertz CT molecular complexity index is 2140. The van der Waals surface area contributed by atoms with Gasteiger partial charge in [-0.15, -0.1) is 0 Å². The highest BCUT2D eigenvalue weighted by molar-refractivity contribution is 7.91. The van der Waals surface area contributed by atoms with Gasteiger partial charge >= 0.3 is 6.09 Å². The first kappa shape index (κ1) is 44.9. The van der Waals surface area contributed by atoms with Crippen LogP contribution in [0.15, 0.2) is 42.5 Å². The van der Waals surface area contributed by atoms with E-state index in [2.05, 4.69) is 10.3 Å². The van der Waals surface area contributed by atoms with Crippen LogP contribution in [0.3, 0.4) is 0 Å². The number of carboxylic acid groups (broad SMARTS) is 1. The lowest BCUT2D eigenvalue weighted by Gasteiger charge is -2.47. The van der Waals surface area contributed by atoms with Crippen molar-refractivity contribution in [1.82, 2.24) is 24.8 Å². The second-order valence-corrected chi connectivity index (χ2v) is 20.1. The zero-order valence-electron chi connectivity index (χ0n) is 35.0. The number of halogens is 3. The van der Waals surface area contributed by atoms with E-state index in [-0.39, 0.29) is 62.4 Å². The largest absolute Gasteiger partial charge is 0.475 e. The molecule has 7 atom stereocenters. The van der Waals surface area contributed by atoms with Gasteiger partial charge in [0.05, 0.1) is 12.6 Å². The Balaban J connectivity index is 1.43. The van der Waals surface area contributed by atoms with Crippen LogP contribution in [0.1, 0.15) is 93.4 Å². The predicted octanol–water partition coefficient (Wildman–Crippen LogP) is 5.99. The van der Waals surface area contributed by atoms with E-state index in [1.807, 2.05) is 37.6 Å². The molecule has 1 saturated heterocycles. The first-order valence-corrected chi connectivity index (χ1v) is 22.0. The number of benzene rings is 1. The number of nitrogens with one attached hydrogen (secondary N) is 2. The van der Waals surface area contributed by atoms with Gasteiger partial charge in [-0.3, -0.25) is 24.0 Å². The number of alkyl halides is 3. The molecule has 3 N–H and O–H groups in total. The maximum absolute atomic E-state index is 15.4. The Morgan fingerprint density at radius 1 is 1.13 bits per heavy atom. The first-order valence-electron chi connectivity index (χ1n) is 20.5. The van der Waals surface area contributed by atoms with Crippen LogP contribution in [0.4, 0.5) is 18.0 Å². The van der Waals surface area contributed by atoms with Crippen molar-refractivity contribution >= 4 is 44.6 Å². The standard InChI is InChI=1S/C42H56F3N5O9S/c1-24(2)58-32-19-27-13-9-11-15-30(27)35(46-32)59-29-20-31-34(51)47-42(37(53)48-60(56,57)41(23-43)16-17-41)21-28(42)14-10-8-12-25(3)18-26(4)33(36(52)49(31)22-29)50(38(54)55)39(5,6)40(7,44)45/h9-11,13-15,19,24-26,28-29,31,33H,8,12,16-18,20-23H2,1-7H3,(H,47,51)(H,48,53)(H,54,55)/t25-,26+,28+,29+,31-,33-,42+/m0/s1. The summed E-state index contributed by atoms with van der Waals surface area (Å²) in [5.74, 6) is -7.72. The number of carbonyl (C=O) groups excluding carboxylic acids is 3. The third-order valence-electron chi connectivity index (χ3n) is 12.7. The fourth-order valence-corrected chi connectivity index (χ4v) is 9.93. The molecule has 3 heterocycles. The van der Waals surface area contributed by atoms with E-state index in [1.165, 1.54) is 0 Å². The zero-order chi connectivity index (χ0) is 44.2. The van der Waals surface area contributed by atoms with E-state index < -0.39 is 92.3 Å². The molecule has 0 radical (unpaired) electrons. The highest BCUT2D eigenvalue weighted by atomic mass is 32.2. The fourth-order valence-electron chi connectivity index (χ4n) is 8.51. The van der Waals surface area contributed by atoms with E-state index in [4.69, 9.17) is 9.47 Å². The summed E-state index contributed by atoms with van der Waals surface area (Å²) >= 11 is 0. The molecule has 60 heavy (non-hydrogen) atoms. The number of allylic oxidation sites excluding steroid dienone is 1. The Kier molecular flexibility index (Phi) is 12.2. The molecule has 2 saturated carbocycles. The number of fused-ring (bicyclic) bond motifs is 3. The number of ether oxygens (including phenoxy) is 2. The number of aromatic nitrogens is 1. The summed E-state index contributed by atoms with van der Waals surface area (Å²) in [7, 11) is -4.48. The molecule has 18 heteroatoms. The Morgan fingerprint density at radius 3 is 2.43 bits per heavy atom. The Hall–Kier alpha value is -4.61. The van der Waals surface area contributed by atoms with Gasteiger partial charge in [0.2, 0.25) is 33.6 Å². The third kappa shape index (κ3) is 8.62. The van der Waals surface area contributed by atoms with Crippen molar-refractivity contribution in [2.45, 2.75) is 139 Å². The maximum atomic E-state index is 15.4. The van der Waals surface area contributed by atoms with Crippen LogP contribution in [0, 0.1) is 17.8 Å². The molecule has 3 fully saturated rings. The first-order chi connectivity index (χ1) is 28.0. The topological polar surface area (TPSA) is 185 Å². The minimum absolute atomic E-state index is 0.000142. The third-order valence-corrected chi connectivity index (χ3v) is 14.8. The molecule has 6 rings (SSSR count). The van der Waals surface area contributed by atoms with Gasteiger partial charge in [0, 0.05) is 30.7 Å². The second-order valence-electron chi connectivity index (χ2n) is 18.0. The average molecular weight is 864 g/mol. The van der Waals surface area contributed by atoms with Crippen molar-refractivity contribution in [2.24, 2.45) is 17.8 Å². The SMILES string of the molecule is CC(C)Oc1cc2ccccc2c(O[C@@H]2C[C@H]3C(=O)N[C@]4(C(=O)NS(=O)(=O)C5(CF)CC5)C[C@H]4C=CCC[C@H](C)C[C@@H](C)[C@H](N(C(=O)O)C(C)(C)C(C)(F)F)C(=O)N3C2)n1. The molecule has 1 aromatic heterocycles. The summed E-state index contributed by atoms with van der Waals surface area (Å²) < 4.78 is 83.8. The molecule has 2 aliphatic heterocycles. The summed E-state index contributed by atoms with van der Waals surface area (Å²) in [6.07, 6.45) is 1.66. The average Bonchev–Trinajstić information content (AvgIpc) is 4.05. The number of pyridine rings is 1. The van der Waals surface area contributed by atoms with Gasteiger partial charge in [-0.2, -0.15) is 4.98 Å². The van der Waals surface area contributed by atoms with Gasteiger partial charge < -0.3 is 24.8 Å². The normalized spacial score (nSPS) is 28.5. The van der Waals surface area contributed by atoms with Crippen LogP contribution < -0.4 is 19.5 Å². The number of carbonyl (C=O) groups is 4. The molecule has 4 amide bonds. The smallest absolute Gasteiger partial charge is 0.408 e. The summed E-state index contributed by atoms with van der Waals surface area (Å²) in [5.41, 5.74) is -4.19. The van der Waals surface area contributed by atoms with Crippen molar-refractivity contribution in [3.8, 4) is 11.8 Å². The van der Waals surface area contributed by atoms with Crippen LogP contribution in [0.25, 0.3) is 10.8 Å². The molecule has 2 aliphatic carbocycles. The summed E-state index contributed by atoms with van der Waals surface area (Å²) in [4.78, 5) is 63.2. The molecule has 2 aromatic rings. The lowest BCUT2D eigenvalue weighted by Crippen LogP contribution is -2.66. The predicted molar refractivity (Wildman–Crippen MR) is 216 cm³/mol. The molecule has 0 unspecified atom stereocenters. The maximum Gasteiger partial charge on any atom is 0.408 e. The van der Waals surface area contributed by atoms with E-state index in [0.717, 1.165) is 24.1 Å². The lowest BCUT2D eigenvalue weighted by atomic mass is 9.84. The number of hydrogen-bond acceptors (Lipinski definition) is 9. The second kappa shape index (κ2) is 16.3. The zero-order valence-corrected chi connectivity index (χ0v) is 35.9. The van der Waals surface area contributed by atoms with E-state index in [0.29, 0.717) is 30.1 Å². The van der Waals surface area contributed by atoms with Gasteiger partial charge in [0.25, 0.3) is 11.8 Å². The summed E-state index contributed by atoms with van der Waals surface area (Å²) in [5, 5.41) is 14.7. The van der Waals surface area contributed by atoms with Crippen molar-refractivity contribution in [1.29, 1.82) is 0 Å². The molecule has 0 spiro atoms. The van der Waals surface area contributed by atoms with Crippen molar-refractivity contribution in [3.05, 3.63) is 42.5 Å². The van der Waals surface area contributed by atoms with Gasteiger partial charge in [-0.1, -0.05) is 44.2 Å². The van der Waals surface area contributed by atoms with Gasteiger partial charge in [-0.25, -0.2) is 26.4 Å². The van der Waals surface area contributed by atoms with E-state index >= 15 is 13.6 Å². The molecule has 330 valence electrons. The number of nitrogens with zero attached hydrogens (tertiary/aromatic N) is 3. The molecular weight excluding hydrogens is 808 g/mol. The minimum atomic E-state index is -4.48. The summed E-state index contributed by atoms with van der Waals surface area (Å²) in [6, 6.07) is 5.78. The van der Waals surface area contributed by atoms with Crippen molar-refractivity contribution in [3.63, 3.8) is 0 Å². The molecule has 1 aromatic carbocycles. The number of hydrogen-bond donors (Lipinski definition) is 3. The molecular formula is C42H56F3N5O9S. The highest BCUT2D eigenvalue weighted by Crippen LogP contribution is 2.48. The quantitative estimate of drug-likeness (QED) is 0.227. The highest BCUT2D eigenvalue weighted by Gasteiger charge is 2.64. The Morgan fingerprint density at radius 2 is 1.82 bits per heavy atom. The van der Waals surface area contributed by atoms with Gasteiger partial charge in [-0.05, 0) is 89.5 Å². The molecule has 4 aliphatic rings. The van der Waals surface area contributed by atoms with Crippen molar-refractivity contribution in [2.75, 3.05) is 13.2 Å². The number of sulfonamides is 1. The van der Waals surface area contributed by atoms with Crippen LogP contribution in [-0.4, -0.2) is 111 Å². The lowest BCUT2D eigenvalue weighted by molar-refractivity contribution is -0.156. The van der Waals surface area contributed by atoms with Crippen LogP contribution in [-0.2, 0) is 24.4 Å². The van der Waals surface area contributed by atoms with Gasteiger partial charge in [0.15, 0.2) is 0 Å². The molecule has 14 nitrogen and oxygen atoms in total. The van der Waals surface area contributed by atoms with Crippen LogP contribution in [0.2, 0.25) is 0 Å². The number of rotatable bonds is 11. The molecule has 0 bridgehead atoms.